The van der Waals surface area contributed by atoms with Crippen molar-refractivity contribution in [3.63, 3.8) is 0 Å². The summed E-state index contributed by atoms with van der Waals surface area (Å²) in [6.45, 7) is 12.4. The first-order valence-electron chi connectivity index (χ1n) is 14.0. The van der Waals surface area contributed by atoms with E-state index in [1.165, 1.54) is 0 Å². The van der Waals surface area contributed by atoms with E-state index in [9.17, 15) is 14.4 Å². The van der Waals surface area contributed by atoms with Gasteiger partial charge in [0, 0.05) is 49.2 Å². The number of pyridine rings is 1. The molecular formula is C30H41N5O5S. The molecule has 41 heavy (non-hydrogen) atoms. The number of ether oxygens (including phenoxy) is 1. The van der Waals surface area contributed by atoms with Crippen LogP contribution < -0.4 is 15.5 Å². The van der Waals surface area contributed by atoms with Crippen molar-refractivity contribution in [3.05, 3.63) is 54.4 Å². The van der Waals surface area contributed by atoms with Gasteiger partial charge in [0.2, 0.25) is 0 Å². The highest BCUT2D eigenvalue weighted by atomic mass is 32.2. The Kier molecular flexibility index (Phi) is 9.93. The molecule has 11 heteroatoms. The average Bonchev–Trinajstić information content (AvgIpc) is 3.22. The number of piperazine rings is 1. The second kappa shape index (κ2) is 13.2. The minimum absolute atomic E-state index is 0.0119. The van der Waals surface area contributed by atoms with E-state index in [0.29, 0.717) is 36.8 Å². The number of nitrogens with one attached hydrogen (secondary N) is 2. The van der Waals surface area contributed by atoms with Gasteiger partial charge in [-0.15, -0.1) is 16.8 Å². The van der Waals surface area contributed by atoms with E-state index in [1.807, 2.05) is 58.9 Å². The maximum absolute atomic E-state index is 13.8. The zero-order valence-electron chi connectivity index (χ0n) is 24.5. The molecule has 1 aromatic heterocycles. The first-order valence-corrected chi connectivity index (χ1v) is 15.0. The Morgan fingerprint density at radius 3 is 2.49 bits per heavy atom. The number of rotatable bonds is 9. The van der Waals surface area contributed by atoms with Crippen molar-refractivity contribution in [2.75, 3.05) is 37.4 Å². The molecule has 2 fully saturated rings. The number of anilines is 1. The summed E-state index contributed by atoms with van der Waals surface area (Å²) >= 11 is 1.63. The highest BCUT2D eigenvalue weighted by Gasteiger charge is 2.48. The Labute approximate surface area is 246 Å². The number of esters is 1. The number of benzene rings is 1. The number of hydroxylamine groups is 2. The van der Waals surface area contributed by atoms with Crippen LogP contribution in [0.3, 0.4) is 0 Å². The number of urea groups is 1. The van der Waals surface area contributed by atoms with Crippen LogP contribution in [0.25, 0.3) is 0 Å². The molecule has 2 amide bonds. The van der Waals surface area contributed by atoms with E-state index >= 15 is 0 Å². The van der Waals surface area contributed by atoms with Gasteiger partial charge in [0.25, 0.3) is 0 Å². The lowest BCUT2D eigenvalue weighted by molar-refractivity contribution is -0.162. The number of carbonyl (C=O) groups excluding carboxylic acids is 3. The molecule has 0 saturated carbocycles. The summed E-state index contributed by atoms with van der Waals surface area (Å²) in [6.07, 6.45) is 3.61. The minimum atomic E-state index is -0.686. The second-order valence-corrected chi connectivity index (χ2v) is 13.5. The summed E-state index contributed by atoms with van der Waals surface area (Å²) in [7, 11) is 0. The summed E-state index contributed by atoms with van der Waals surface area (Å²) < 4.78 is 5.32. The summed E-state index contributed by atoms with van der Waals surface area (Å²) in [5, 5.41) is 7.86. The third-order valence-electron chi connectivity index (χ3n) is 6.95. The van der Waals surface area contributed by atoms with Gasteiger partial charge in [-0.2, -0.15) is 0 Å². The zero-order chi connectivity index (χ0) is 29.6. The van der Waals surface area contributed by atoms with E-state index in [0.717, 1.165) is 18.7 Å². The van der Waals surface area contributed by atoms with E-state index in [2.05, 4.69) is 15.6 Å². The normalized spacial score (nSPS) is 19.8. The third-order valence-corrected chi connectivity index (χ3v) is 8.30. The standard InChI is InChI=1S/C30H41N5O5S/c1-29(2,3)39-27(37)22(17-21-8-10-23(11-9-21)33-28(38)34-15-13-31-14-16-34)18-25(36)26-30(4,5)41-20-35(26)40-24-7-6-12-32-19-24/h6-12,19,22,26,31H,13-18,20H2,1-5H3,(H,33,38)/t22-,26-/m1/s1. The molecule has 0 unspecified atom stereocenters. The SMILES string of the molecule is CC(C)(C)OC(=O)[C@@H](CC(=O)[C@H]1N(Oc2cccnc2)CSC1(C)C)Cc1ccc(NC(=O)N2CCNCC2)cc1. The predicted octanol–water partition coefficient (Wildman–Crippen LogP) is 4.13. The summed E-state index contributed by atoms with van der Waals surface area (Å²) in [6, 6.07) is 10.3. The molecule has 0 aliphatic carbocycles. The van der Waals surface area contributed by atoms with Crippen LogP contribution in [0.1, 0.15) is 46.6 Å². The van der Waals surface area contributed by atoms with Crippen LogP contribution in [0, 0.1) is 5.92 Å². The van der Waals surface area contributed by atoms with Gasteiger partial charge in [-0.3, -0.25) is 14.6 Å². The van der Waals surface area contributed by atoms with Crippen molar-refractivity contribution >= 4 is 35.2 Å². The van der Waals surface area contributed by atoms with Gasteiger partial charge in [-0.25, -0.2) is 4.79 Å². The molecule has 3 heterocycles. The maximum Gasteiger partial charge on any atom is 0.321 e. The van der Waals surface area contributed by atoms with Crippen LogP contribution in [0.5, 0.6) is 5.75 Å². The zero-order valence-corrected chi connectivity index (χ0v) is 25.3. The van der Waals surface area contributed by atoms with Gasteiger partial charge < -0.3 is 25.1 Å². The number of aromatic nitrogens is 1. The highest BCUT2D eigenvalue weighted by molar-refractivity contribution is 8.00. The van der Waals surface area contributed by atoms with Crippen molar-refractivity contribution in [1.82, 2.24) is 20.3 Å². The van der Waals surface area contributed by atoms with Crippen molar-refractivity contribution < 1.29 is 24.0 Å². The highest BCUT2D eigenvalue weighted by Crippen LogP contribution is 2.41. The van der Waals surface area contributed by atoms with Crippen LogP contribution in [0.15, 0.2) is 48.8 Å². The topological polar surface area (TPSA) is 113 Å². The molecule has 0 bridgehead atoms. The number of hydrogen-bond acceptors (Lipinski definition) is 9. The number of hydrogen-bond donors (Lipinski definition) is 2. The maximum atomic E-state index is 13.8. The molecule has 0 radical (unpaired) electrons. The van der Waals surface area contributed by atoms with E-state index in [1.54, 1.807) is 46.3 Å². The molecule has 1 aromatic carbocycles. The summed E-state index contributed by atoms with van der Waals surface area (Å²) in [5.41, 5.74) is 0.862. The minimum Gasteiger partial charge on any atom is -0.460 e. The smallest absolute Gasteiger partial charge is 0.321 e. The van der Waals surface area contributed by atoms with Crippen LogP contribution in [0.4, 0.5) is 10.5 Å². The van der Waals surface area contributed by atoms with Gasteiger partial charge >= 0.3 is 12.0 Å². The average molecular weight is 584 g/mol. The Balaban J connectivity index is 1.46. The van der Waals surface area contributed by atoms with Gasteiger partial charge in [0.1, 0.15) is 11.6 Å². The monoisotopic (exact) mass is 583 g/mol. The first kappa shape index (κ1) is 30.8. The van der Waals surface area contributed by atoms with Gasteiger partial charge in [-0.1, -0.05) is 12.1 Å². The lowest BCUT2D eigenvalue weighted by Crippen LogP contribution is -2.48. The third kappa shape index (κ3) is 8.67. The Bertz CT molecular complexity index is 1200. The van der Waals surface area contributed by atoms with E-state index in [-0.39, 0.29) is 18.2 Å². The predicted molar refractivity (Wildman–Crippen MR) is 160 cm³/mol. The number of amides is 2. The molecule has 4 rings (SSSR count). The molecule has 2 saturated heterocycles. The van der Waals surface area contributed by atoms with Gasteiger partial charge in [0.15, 0.2) is 11.5 Å². The Morgan fingerprint density at radius 1 is 1.15 bits per heavy atom. The summed E-state index contributed by atoms with van der Waals surface area (Å²) in [5.74, 6) is -0.109. The molecular weight excluding hydrogens is 542 g/mol. The molecule has 2 N–H and O–H groups in total. The van der Waals surface area contributed by atoms with Crippen molar-refractivity contribution in [2.45, 2.75) is 63.9 Å². The fourth-order valence-electron chi connectivity index (χ4n) is 4.95. The molecule has 2 aliphatic heterocycles. The van der Waals surface area contributed by atoms with E-state index in [4.69, 9.17) is 9.57 Å². The second-order valence-electron chi connectivity index (χ2n) is 11.9. The Morgan fingerprint density at radius 2 is 1.85 bits per heavy atom. The number of ketones is 1. The number of Topliss-reactive ketones (excluding diaryl/α,β-unsaturated/α-hetero) is 1. The van der Waals surface area contributed by atoms with Crippen LogP contribution in [0.2, 0.25) is 0 Å². The number of nitrogens with zero attached hydrogens (tertiary/aromatic N) is 3. The quantitative estimate of drug-likeness (QED) is 0.421. The van der Waals surface area contributed by atoms with Crippen LogP contribution in [-0.2, 0) is 20.7 Å². The lowest BCUT2D eigenvalue weighted by atomic mass is 9.88. The Hall–Kier alpha value is -3.15. The summed E-state index contributed by atoms with van der Waals surface area (Å²) in [4.78, 5) is 51.7. The van der Waals surface area contributed by atoms with E-state index < -0.39 is 28.3 Å². The van der Waals surface area contributed by atoms with Gasteiger partial charge in [-0.05, 0) is 70.9 Å². The molecule has 2 atom stereocenters. The van der Waals surface area contributed by atoms with Gasteiger partial charge in [0.05, 0.1) is 18.0 Å². The van der Waals surface area contributed by atoms with Crippen LogP contribution >= 0.6 is 11.8 Å². The number of carbonyl (C=O) groups is 3. The number of thioether (sulfide) groups is 1. The largest absolute Gasteiger partial charge is 0.460 e. The van der Waals surface area contributed by atoms with Crippen molar-refractivity contribution in [2.24, 2.45) is 5.92 Å². The molecule has 222 valence electrons. The van der Waals surface area contributed by atoms with Crippen molar-refractivity contribution in [1.29, 1.82) is 0 Å². The fourth-order valence-corrected chi connectivity index (χ4v) is 6.02. The molecule has 2 aliphatic rings. The molecule has 10 nitrogen and oxygen atoms in total. The fraction of sp³-hybridized carbons (Fsp3) is 0.533. The molecule has 2 aromatic rings. The van der Waals surface area contributed by atoms with Crippen LogP contribution in [-0.4, -0.2) is 81.2 Å². The van der Waals surface area contributed by atoms with Crippen molar-refractivity contribution in [3.8, 4) is 5.75 Å². The lowest BCUT2D eigenvalue weighted by Gasteiger charge is -2.31. The molecule has 0 spiro atoms. The first-order chi connectivity index (χ1) is 19.4.